The number of amides is 1. The predicted octanol–water partition coefficient (Wildman–Crippen LogP) is 6.69. The summed E-state index contributed by atoms with van der Waals surface area (Å²) in [7, 11) is 1.63. The van der Waals surface area contributed by atoms with Crippen LogP contribution in [0.2, 0.25) is 5.02 Å². The van der Waals surface area contributed by atoms with Crippen molar-refractivity contribution in [1.29, 1.82) is 0 Å². The van der Waals surface area contributed by atoms with Crippen molar-refractivity contribution in [3.63, 3.8) is 0 Å². The summed E-state index contributed by atoms with van der Waals surface area (Å²) >= 11 is 6.40. The molecule has 5 rings (SSSR count). The molecule has 0 saturated heterocycles. The normalized spacial score (nSPS) is 12.9. The van der Waals surface area contributed by atoms with Crippen LogP contribution < -0.4 is 9.47 Å². The minimum Gasteiger partial charge on any atom is -0.497 e. The van der Waals surface area contributed by atoms with Gasteiger partial charge in [0.15, 0.2) is 0 Å². The number of aryl methyl sites for hydroxylation is 1. The van der Waals surface area contributed by atoms with Crippen LogP contribution in [0.3, 0.4) is 0 Å². The second-order valence-electron chi connectivity index (χ2n) is 9.00. The molecule has 7 heteroatoms. The number of halogens is 1. The van der Waals surface area contributed by atoms with E-state index in [1.54, 1.807) is 23.9 Å². The highest BCUT2D eigenvalue weighted by molar-refractivity contribution is 6.33. The monoisotopic (exact) mass is 501 g/mol. The lowest BCUT2D eigenvalue weighted by Gasteiger charge is -2.24. The molecule has 1 heterocycles. The first-order chi connectivity index (χ1) is 17.5. The minimum absolute atomic E-state index is 0.0882. The lowest BCUT2D eigenvalue weighted by molar-refractivity contribution is 0.0734. The number of methoxy groups -OCH3 is 1. The maximum atomic E-state index is 13.6. The van der Waals surface area contributed by atoms with Crippen molar-refractivity contribution in [3.05, 3.63) is 101 Å². The van der Waals surface area contributed by atoms with Gasteiger partial charge in [0.25, 0.3) is 5.91 Å². The van der Waals surface area contributed by atoms with E-state index in [0.717, 1.165) is 35.5 Å². The van der Waals surface area contributed by atoms with Crippen LogP contribution in [0.25, 0.3) is 5.69 Å². The van der Waals surface area contributed by atoms with E-state index in [2.05, 4.69) is 0 Å². The number of nitrogens with zero attached hydrogens (tertiary/aromatic N) is 3. The van der Waals surface area contributed by atoms with Gasteiger partial charge in [-0.15, -0.1) is 0 Å². The molecule has 1 amide bonds. The molecule has 0 spiro atoms. The maximum absolute atomic E-state index is 13.6. The third-order valence-corrected chi connectivity index (χ3v) is 6.66. The van der Waals surface area contributed by atoms with Gasteiger partial charge in [0.2, 0.25) is 5.88 Å². The first kappa shape index (κ1) is 23.9. The van der Waals surface area contributed by atoms with E-state index < -0.39 is 0 Å². The van der Waals surface area contributed by atoms with Gasteiger partial charge in [-0.25, -0.2) is 4.68 Å². The summed E-state index contributed by atoms with van der Waals surface area (Å²) in [5, 5.41) is 5.26. The number of hydrogen-bond donors (Lipinski definition) is 0. The van der Waals surface area contributed by atoms with Crippen molar-refractivity contribution in [2.75, 3.05) is 13.7 Å². The molecule has 1 fully saturated rings. The van der Waals surface area contributed by atoms with Gasteiger partial charge in [0, 0.05) is 6.54 Å². The molecule has 0 N–H and O–H groups in total. The standard InChI is InChI=1S/C29H28ClN3O3/c1-20-26(19-32(18-21-12-13-21)28(34)25-10-6-7-11-27(25)30)29(33(31-20)22-8-4-3-5-9-22)36-24-16-14-23(35-2)15-17-24/h3-11,14-17,21H,12-13,18-19H2,1-2H3. The number of para-hydroxylation sites is 1. The molecule has 0 bridgehead atoms. The molecule has 36 heavy (non-hydrogen) atoms. The van der Waals surface area contributed by atoms with Crippen LogP contribution >= 0.6 is 11.6 Å². The van der Waals surface area contributed by atoms with E-state index in [4.69, 9.17) is 26.2 Å². The highest BCUT2D eigenvalue weighted by Gasteiger charge is 2.30. The van der Waals surface area contributed by atoms with Gasteiger partial charge < -0.3 is 14.4 Å². The highest BCUT2D eigenvalue weighted by atomic mass is 35.5. The largest absolute Gasteiger partial charge is 0.497 e. The number of carbonyl (C=O) groups excluding carboxylic acids is 1. The van der Waals surface area contributed by atoms with Crippen LogP contribution in [0.5, 0.6) is 17.4 Å². The molecule has 1 saturated carbocycles. The number of benzene rings is 3. The zero-order chi connectivity index (χ0) is 25.1. The van der Waals surface area contributed by atoms with Gasteiger partial charge in [-0.1, -0.05) is 41.9 Å². The van der Waals surface area contributed by atoms with Crippen LogP contribution in [-0.2, 0) is 6.54 Å². The fraction of sp³-hybridized carbons (Fsp3) is 0.241. The van der Waals surface area contributed by atoms with E-state index in [9.17, 15) is 4.79 Å². The average molecular weight is 502 g/mol. The quantitative estimate of drug-likeness (QED) is 0.256. The molecule has 0 atom stereocenters. The molecule has 1 aromatic heterocycles. The average Bonchev–Trinajstić information content (AvgIpc) is 3.68. The molecule has 1 aliphatic carbocycles. The van der Waals surface area contributed by atoms with E-state index in [1.807, 2.05) is 78.6 Å². The number of ether oxygens (including phenoxy) is 2. The van der Waals surface area contributed by atoms with Crippen molar-refractivity contribution in [3.8, 4) is 23.1 Å². The SMILES string of the molecule is COc1ccc(Oc2c(CN(CC3CC3)C(=O)c3ccccc3Cl)c(C)nn2-c2ccccc2)cc1. The van der Waals surface area contributed by atoms with E-state index in [1.165, 1.54) is 0 Å². The first-order valence-corrected chi connectivity index (χ1v) is 12.4. The third-order valence-electron chi connectivity index (χ3n) is 6.33. The summed E-state index contributed by atoms with van der Waals surface area (Å²) in [6, 6.07) is 24.5. The van der Waals surface area contributed by atoms with Crippen LogP contribution in [0.15, 0.2) is 78.9 Å². The van der Waals surface area contributed by atoms with Gasteiger partial charge >= 0.3 is 0 Å². The Bertz CT molecular complexity index is 1350. The second-order valence-corrected chi connectivity index (χ2v) is 9.41. The molecule has 0 radical (unpaired) electrons. The van der Waals surface area contributed by atoms with Crippen molar-refractivity contribution < 1.29 is 14.3 Å². The Labute approximate surface area is 216 Å². The fourth-order valence-electron chi connectivity index (χ4n) is 4.15. The van der Waals surface area contributed by atoms with Crippen LogP contribution in [0.1, 0.15) is 34.5 Å². The summed E-state index contributed by atoms with van der Waals surface area (Å²) in [6.45, 7) is 2.98. The molecular formula is C29H28ClN3O3. The minimum atomic E-state index is -0.0882. The Morgan fingerprint density at radius 3 is 2.33 bits per heavy atom. The van der Waals surface area contributed by atoms with E-state index >= 15 is 0 Å². The molecule has 0 unspecified atom stereocenters. The van der Waals surface area contributed by atoms with Gasteiger partial charge in [0.05, 0.1) is 41.2 Å². The number of aromatic nitrogens is 2. The van der Waals surface area contributed by atoms with Crippen molar-refractivity contribution in [2.45, 2.75) is 26.3 Å². The van der Waals surface area contributed by atoms with Gasteiger partial charge in [-0.2, -0.15) is 5.10 Å². The van der Waals surface area contributed by atoms with Crippen LogP contribution in [-0.4, -0.2) is 34.2 Å². The lowest BCUT2D eigenvalue weighted by Crippen LogP contribution is -2.33. The Balaban J connectivity index is 1.54. The fourth-order valence-corrected chi connectivity index (χ4v) is 4.37. The molecule has 6 nitrogen and oxygen atoms in total. The number of rotatable bonds is 9. The van der Waals surface area contributed by atoms with Gasteiger partial charge in [0.1, 0.15) is 11.5 Å². The lowest BCUT2D eigenvalue weighted by atomic mass is 10.1. The molecule has 1 aliphatic rings. The zero-order valence-corrected chi connectivity index (χ0v) is 21.1. The Morgan fingerprint density at radius 1 is 1.00 bits per heavy atom. The van der Waals surface area contributed by atoms with Gasteiger partial charge in [-0.05, 0) is 74.2 Å². The van der Waals surface area contributed by atoms with Crippen LogP contribution in [0.4, 0.5) is 0 Å². The maximum Gasteiger partial charge on any atom is 0.255 e. The molecular weight excluding hydrogens is 474 g/mol. The van der Waals surface area contributed by atoms with E-state index in [0.29, 0.717) is 41.2 Å². The highest BCUT2D eigenvalue weighted by Crippen LogP contribution is 2.35. The summed E-state index contributed by atoms with van der Waals surface area (Å²) in [4.78, 5) is 15.5. The molecule has 0 aliphatic heterocycles. The number of hydrogen-bond acceptors (Lipinski definition) is 4. The van der Waals surface area contributed by atoms with Crippen LogP contribution in [0, 0.1) is 12.8 Å². The Hall–Kier alpha value is -3.77. The summed E-state index contributed by atoms with van der Waals surface area (Å²) in [5.74, 6) is 2.40. The summed E-state index contributed by atoms with van der Waals surface area (Å²) in [6.07, 6.45) is 2.26. The molecule has 4 aromatic rings. The second kappa shape index (κ2) is 10.5. The van der Waals surface area contributed by atoms with Crippen molar-refractivity contribution in [1.82, 2.24) is 14.7 Å². The third kappa shape index (κ3) is 5.24. The topological polar surface area (TPSA) is 56.6 Å². The van der Waals surface area contributed by atoms with Gasteiger partial charge in [-0.3, -0.25) is 4.79 Å². The predicted molar refractivity (Wildman–Crippen MR) is 140 cm³/mol. The molecule has 3 aromatic carbocycles. The Kier molecular flexibility index (Phi) is 6.96. The molecule has 184 valence electrons. The summed E-state index contributed by atoms with van der Waals surface area (Å²) < 4.78 is 13.5. The summed E-state index contributed by atoms with van der Waals surface area (Å²) in [5.41, 5.74) is 3.04. The van der Waals surface area contributed by atoms with E-state index in [-0.39, 0.29) is 5.91 Å². The number of carbonyl (C=O) groups is 1. The first-order valence-electron chi connectivity index (χ1n) is 12.0. The van der Waals surface area contributed by atoms with Crippen molar-refractivity contribution >= 4 is 17.5 Å². The van der Waals surface area contributed by atoms with Crippen molar-refractivity contribution in [2.24, 2.45) is 5.92 Å². The Morgan fingerprint density at radius 2 is 1.67 bits per heavy atom. The smallest absolute Gasteiger partial charge is 0.255 e. The zero-order valence-electron chi connectivity index (χ0n) is 20.4.